The first-order chi connectivity index (χ1) is 9.97. The van der Waals surface area contributed by atoms with Crippen LogP contribution in [0.1, 0.15) is 23.9 Å². The van der Waals surface area contributed by atoms with Gasteiger partial charge in [-0.25, -0.2) is 0 Å². The summed E-state index contributed by atoms with van der Waals surface area (Å²) >= 11 is 0. The van der Waals surface area contributed by atoms with Gasteiger partial charge in [-0.1, -0.05) is 5.16 Å². The van der Waals surface area contributed by atoms with Crippen molar-refractivity contribution in [3.63, 3.8) is 0 Å². The largest absolute Gasteiger partial charge is 0.409 e. The van der Waals surface area contributed by atoms with Crippen LogP contribution in [0.2, 0.25) is 0 Å². The molecular formula is C14H22N4O3. The van der Waals surface area contributed by atoms with Gasteiger partial charge in [0.1, 0.15) is 0 Å². The zero-order valence-corrected chi connectivity index (χ0v) is 12.6. The maximum Gasteiger partial charge on any atom is 0.174 e. The van der Waals surface area contributed by atoms with Crippen molar-refractivity contribution >= 4 is 11.5 Å². The highest BCUT2D eigenvalue weighted by Gasteiger charge is 2.29. The molecule has 1 saturated heterocycles. The number of rotatable bonds is 3. The number of anilines is 1. The fourth-order valence-electron chi connectivity index (χ4n) is 2.66. The standard InChI is InChI=1S/C14H22N4O3/c1-8-4-12(13(10(3)16-8)14(15)17-20)18-5-11(6-19)21-7-9(18)2/h4,9,11,19-20H,5-7H2,1-3H3,(H2,15,17). The van der Waals surface area contributed by atoms with Crippen molar-refractivity contribution in [2.75, 3.05) is 24.7 Å². The second kappa shape index (κ2) is 6.28. The Kier molecular flexibility index (Phi) is 4.64. The van der Waals surface area contributed by atoms with E-state index in [1.807, 2.05) is 26.8 Å². The SMILES string of the molecule is Cc1cc(N2CC(CO)OCC2C)c(/C(N)=N/O)c(C)n1. The Morgan fingerprint density at radius 1 is 1.57 bits per heavy atom. The lowest BCUT2D eigenvalue weighted by Crippen LogP contribution is -2.50. The lowest BCUT2D eigenvalue weighted by atomic mass is 10.1. The minimum atomic E-state index is -0.241. The second-order valence-electron chi connectivity index (χ2n) is 5.37. The third-order valence-electron chi connectivity index (χ3n) is 3.69. The molecule has 0 saturated carbocycles. The Morgan fingerprint density at radius 2 is 2.29 bits per heavy atom. The topological polar surface area (TPSA) is 104 Å². The summed E-state index contributed by atoms with van der Waals surface area (Å²) in [7, 11) is 0. The van der Waals surface area contributed by atoms with E-state index in [1.165, 1.54) is 0 Å². The van der Waals surface area contributed by atoms with Crippen LogP contribution >= 0.6 is 0 Å². The number of nitrogens with two attached hydrogens (primary N) is 1. The normalized spacial score (nSPS) is 23.4. The highest BCUT2D eigenvalue weighted by Crippen LogP contribution is 2.28. The van der Waals surface area contributed by atoms with Gasteiger partial charge in [0.05, 0.1) is 36.3 Å². The van der Waals surface area contributed by atoms with Gasteiger partial charge in [0.25, 0.3) is 0 Å². The van der Waals surface area contributed by atoms with Crippen molar-refractivity contribution < 1.29 is 15.1 Å². The van der Waals surface area contributed by atoms with Crippen molar-refractivity contribution in [2.45, 2.75) is 32.9 Å². The van der Waals surface area contributed by atoms with Crippen molar-refractivity contribution in [3.8, 4) is 0 Å². The first kappa shape index (κ1) is 15.5. The quantitative estimate of drug-likeness (QED) is 0.322. The van der Waals surface area contributed by atoms with E-state index >= 15 is 0 Å². The molecule has 0 radical (unpaired) electrons. The number of aliphatic hydroxyl groups is 1. The molecule has 7 heteroatoms. The summed E-state index contributed by atoms with van der Waals surface area (Å²) in [4.78, 5) is 6.49. The number of hydrogen-bond acceptors (Lipinski definition) is 6. The smallest absolute Gasteiger partial charge is 0.174 e. The van der Waals surface area contributed by atoms with E-state index in [0.717, 1.165) is 11.4 Å². The molecule has 2 unspecified atom stereocenters. The highest BCUT2D eigenvalue weighted by molar-refractivity contribution is 6.03. The van der Waals surface area contributed by atoms with E-state index in [2.05, 4.69) is 15.0 Å². The Morgan fingerprint density at radius 3 is 2.90 bits per heavy atom. The number of ether oxygens (including phenoxy) is 1. The summed E-state index contributed by atoms with van der Waals surface area (Å²) in [6.45, 7) is 6.80. The van der Waals surface area contributed by atoms with Crippen LogP contribution in [0.25, 0.3) is 0 Å². The summed E-state index contributed by atoms with van der Waals surface area (Å²) in [6.07, 6.45) is -0.241. The van der Waals surface area contributed by atoms with Gasteiger partial charge in [-0.3, -0.25) is 4.98 Å². The van der Waals surface area contributed by atoms with Crippen LogP contribution in [-0.4, -0.2) is 53.0 Å². The first-order valence-electron chi connectivity index (χ1n) is 6.93. The number of aryl methyl sites for hydroxylation is 2. The average Bonchev–Trinajstić information content (AvgIpc) is 2.46. The average molecular weight is 294 g/mol. The lowest BCUT2D eigenvalue weighted by molar-refractivity contribution is -0.0103. The van der Waals surface area contributed by atoms with Crippen LogP contribution in [-0.2, 0) is 4.74 Å². The number of hydrogen-bond donors (Lipinski definition) is 3. The Labute approximate surface area is 124 Å². The van der Waals surface area contributed by atoms with Gasteiger partial charge < -0.3 is 25.7 Å². The molecule has 0 aliphatic carbocycles. The van der Waals surface area contributed by atoms with Crippen LogP contribution in [0.4, 0.5) is 5.69 Å². The van der Waals surface area contributed by atoms with Crippen molar-refractivity contribution in [2.24, 2.45) is 10.9 Å². The third kappa shape index (κ3) is 3.08. The molecule has 0 bridgehead atoms. The summed E-state index contributed by atoms with van der Waals surface area (Å²) in [5, 5.41) is 21.5. The van der Waals surface area contributed by atoms with Crippen molar-refractivity contribution in [1.29, 1.82) is 0 Å². The number of aliphatic hydroxyl groups excluding tert-OH is 1. The summed E-state index contributed by atoms with van der Waals surface area (Å²) in [6, 6.07) is 2.04. The molecule has 0 amide bonds. The number of nitrogens with zero attached hydrogens (tertiary/aromatic N) is 3. The summed E-state index contributed by atoms with van der Waals surface area (Å²) < 4.78 is 5.56. The molecule has 1 aliphatic heterocycles. The van der Waals surface area contributed by atoms with Crippen LogP contribution in [0.5, 0.6) is 0 Å². The predicted octanol–water partition coefficient (Wildman–Crippen LogP) is 0.379. The minimum absolute atomic E-state index is 0.0363. The molecule has 116 valence electrons. The second-order valence-corrected chi connectivity index (χ2v) is 5.37. The molecule has 0 aromatic carbocycles. The van der Waals surface area contributed by atoms with Gasteiger partial charge in [-0.2, -0.15) is 0 Å². The van der Waals surface area contributed by atoms with E-state index in [4.69, 9.17) is 15.7 Å². The van der Waals surface area contributed by atoms with Crippen LogP contribution in [0, 0.1) is 13.8 Å². The Hall–Kier alpha value is -1.86. The molecule has 4 N–H and O–H groups in total. The lowest BCUT2D eigenvalue weighted by Gasteiger charge is -2.40. The maximum absolute atomic E-state index is 9.32. The first-order valence-corrected chi connectivity index (χ1v) is 6.93. The molecule has 1 aliphatic rings. The fraction of sp³-hybridized carbons (Fsp3) is 0.571. The number of aromatic nitrogens is 1. The zero-order valence-electron chi connectivity index (χ0n) is 12.6. The molecule has 2 rings (SSSR count). The van der Waals surface area contributed by atoms with Gasteiger partial charge in [-0.05, 0) is 26.8 Å². The number of pyridine rings is 1. The number of morpholine rings is 1. The van der Waals surface area contributed by atoms with Gasteiger partial charge >= 0.3 is 0 Å². The van der Waals surface area contributed by atoms with Crippen LogP contribution < -0.4 is 10.6 Å². The monoisotopic (exact) mass is 294 g/mol. The predicted molar refractivity (Wildman–Crippen MR) is 79.9 cm³/mol. The highest BCUT2D eigenvalue weighted by atomic mass is 16.5. The number of oxime groups is 1. The fourth-order valence-corrected chi connectivity index (χ4v) is 2.66. The van der Waals surface area contributed by atoms with E-state index in [1.54, 1.807) is 0 Å². The molecule has 7 nitrogen and oxygen atoms in total. The number of amidine groups is 1. The molecule has 21 heavy (non-hydrogen) atoms. The van der Waals surface area contributed by atoms with Crippen molar-refractivity contribution in [1.82, 2.24) is 4.98 Å². The van der Waals surface area contributed by atoms with Crippen molar-refractivity contribution in [3.05, 3.63) is 23.0 Å². The zero-order chi connectivity index (χ0) is 15.6. The minimum Gasteiger partial charge on any atom is -0.409 e. The van der Waals surface area contributed by atoms with Gasteiger partial charge in [0, 0.05) is 18.3 Å². The van der Waals surface area contributed by atoms with E-state index in [9.17, 15) is 5.11 Å². The molecule has 2 atom stereocenters. The molecule has 2 heterocycles. The van der Waals surface area contributed by atoms with E-state index in [-0.39, 0.29) is 24.6 Å². The molecule has 1 fully saturated rings. The molecular weight excluding hydrogens is 272 g/mol. The summed E-state index contributed by atoms with van der Waals surface area (Å²) in [5.41, 5.74) is 8.85. The van der Waals surface area contributed by atoms with E-state index in [0.29, 0.717) is 24.4 Å². The molecule has 1 aromatic heterocycles. The van der Waals surface area contributed by atoms with Crippen LogP contribution in [0.3, 0.4) is 0 Å². The van der Waals surface area contributed by atoms with Gasteiger partial charge in [-0.15, -0.1) is 0 Å². The Bertz CT molecular complexity index is 547. The molecule has 1 aromatic rings. The summed E-state index contributed by atoms with van der Waals surface area (Å²) in [5.74, 6) is 0.0363. The maximum atomic E-state index is 9.32. The molecule has 0 spiro atoms. The van der Waals surface area contributed by atoms with Gasteiger partial charge in [0.2, 0.25) is 0 Å². The van der Waals surface area contributed by atoms with Gasteiger partial charge in [0.15, 0.2) is 5.84 Å². The van der Waals surface area contributed by atoms with E-state index < -0.39 is 0 Å². The van der Waals surface area contributed by atoms with Crippen LogP contribution in [0.15, 0.2) is 11.2 Å². The third-order valence-corrected chi connectivity index (χ3v) is 3.69. The Balaban J connectivity index is 2.50.